The minimum atomic E-state index is 1.24. The molecular formula is C14H14. The van der Waals surface area contributed by atoms with Gasteiger partial charge in [0.25, 0.3) is 0 Å². The lowest BCUT2D eigenvalue weighted by Gasteiger charge is -2.08. The van der Waals surface area contributed by atoms with Crippen molar-refractivity contribution >= 4 is 16.8 Å². The summed E-state index contributed by atoms with van der Waals surface area (Å²) in [5.41, 5.74) is 3.88. The SMILES string of the molecule is C=Cc1cc(C)c2ccccc2c1C. The fraction of sp³-hybridized carbons (Fsp3) is 0.143. The van der Waals surface area contributed by atoms with Crippen LogP contribution in [0.25, 0.3) is 16.8 Å². The van der Waals surface area contributed by atoms with Gasteiger partial charge in [0.05, 0.1) is 0 Å². The van der Waals surface area contributed by atoms with Gasteiger partial charge < -0.3 is 0 Å². The van der Waals surface area contributed by atoms with Crippen molar-refractivity contribution in [2.24, 2.45) is 0 Å². The summed E-state index contributed by atoms with van der Waals surface area (Å²) in [4.78, 5) is 0. The van der Waals surface area contributed by atoms with Crippen molar-refractivity contribution in [1.29, 1.82) is 0 Å². The molecule has 0 bridgehead atoms. The fourth-order valence-corrected chi connectivity index (χ4v) is 1.94. The Morgan fingerprint density at radius 2 is 1.71 bits per heavy atom. The Hall–Kier alpha value is -1.56. The topological polar surface area (TPSA) is 0 Å². The average molecular weight is 182 g/mol. The van der Waals surface area contributed by atoms with Gasteiger partial charge in [-0.1, -0.05) is 43.0 Å². The minimum absolute atomic E-state index is 1.24. The number of hydrogen-bond donors (Lipinski definition) is 0. The molecule has 0 saturated heterocycles. The van der Waals surface area contributed by atoms with Crippen molar-refractivity contribution in [2.45, 2.75) is 13.8 Å². The van der Waals surface area contributed by atoms with Crippen LogP contribution in [0.4, 0.5) is 0 Å². The van der Waals surface area contributed by atoms with Gasteiger partial charge in [0, 0.05) is 0 Å². The van der Waals surface area contributed by atoms with E-state index < -0.39 is 0 Å². The van der Waals surface area contributed by atoms with Gasteiger partial charge in [-0.3, -0.25) is 0 Å². The lowest BCUT2D eigenvalue weighted by atomic mass is 9.96. The second kappa shape index (κ2) is 3.30. The van der Waals surface area contributed by atoms with E-state index in [-0.39, 0.29) is 0 Å². The Morgan fingerprint density at radius 1 is 1.07 bits per heavy atom. The zero-order chi connectivity index (χ0) is 10.1. The third kappa shape index (κ3) is 1.24. The second-order valence-electron chi connectivity index (χ2n) is 3.66. The molecule has 0 aliphatic rings. The van der Waals surface area contributed by atoms with E-state index in [0.717, 1.165) is 0 Å². The number of rotatable bonds is 1. The zero-order valence-corrected chi connectivity index (χ0v) is 8.67. The Labute approximate surface area is 84.9 Å². The maximum Gasteiger partial charge on any atom is -0.0146 e. The quantitative estimate of drug-likeness (QED) is 0.623. The fourth-order valence-electron chi connectivity index (χ4n) is 1.94. The van der Waals surface area contributed by atoms with Crippen LogP contribution >= 0.6 is 0 Å². The van der Waals surface area contributed by atoms with E-state index >= 15 is 0 Å². The van der Waals surface area contributed by atoms with Gasteiger partial charge in [-0.15, -0.1) is 0 Å². The molecule has 0 atom stereocenters. The molecule has 70 valence electrons. The lowest BCUT2D eigenvalue weighted by molar-refractivity contribution is 1.44. The van der Waals surface area contributed by atoms with Crippen LogP contribution in [-0.2, 0) is 0 Å². The number of aryl methyl sites for hydroxylation is 2. The van der Waals surface area contributed by atoms with Crippen LogP contribution < -0.4 is 0 Å². The van der Waals surface area contributed by atoms with Crippen molar-refractivity contribution in [2.75, 3.05) is 0 Å². The van der Waals surface area contributed by atoms with Crippen molar-refractivity contribution in [3.05, 3.63) is 53.6 Å². The molecule has 0 spiro atoms. The lowest BCUT2D eigenvalue weighted by Crippen LogP contribution is -1.87. The summed E-state index contributed by atoms with van der Waals surface area (Å²) in [5.74, 6) is 0. The Morgan fingerprint density at radius 3 is 2.36 bits per heavy atom. The monoisotopic (exact) mass is 182 g/mol. The highest BCUT2D eigenvalue weighted by molar-refractivity contribution is 5.91. The first-order valence-corrected chi connectivity index (χ1v) is 4.85. The summed E-state index contributed by atoms with van der Waals surface area (Å²) in [6.07, 6.45) is 1.93. The van der Waals surface area contributed by atoms with Gasteiger partial charge in [-0.05, 0) is 41.3 Å². The maximum absolute atomic E-state index is 3.84. The van der Waals surface area contributed by atoms with Crippen molar-refractivity contribution in [3.8, 4) is 0 Å². The number of benzene rings is 2. The highest BCUT2D eigenvalue weighted by atomic mass is 14.1. The summed E-state index contributed by atoms with van der Waals surface area (Å²) in [6.45, 7) is 8.14. The van der Waals surface area contributed by atoms with Crippen molar-refractivity contribution in [1.82, 2.24) is 0 Å². The Bertz CT molecular complexity index is 493. The third-order valence-electron chi connectivity index (χ3n) is 2.78. The molecule has 2 rings (SSSR count). The molecule has 0 unspecified atom stereocenters. The molecule has 0 nitrogen and oxygen atoms in total. The summed E-state index contributed by atoms with van der Waals surface area (Å²) in [7, 11) is 0. The molecule has 0 amide bonds. The summed E-state index contributed by atoms with van der Waals surface area (Å²) in [5, 5.41) is 2.68. The molecule has 0 heteroatoms. The molecule has 0 aliphatic carbocycles. The van der Waals surface area contributed by atoms with E-state index in [4.69, 9.17) is 0 Å². The second-order valence-corrected chi connectivity index (χ2v) is 3.66. The normalized spacial score (nSPS) is 10.4. The van der Waals surface area contributed by atoms with E-state index in [1.165, 1.54) is 27.5 Å². The van der Waals surface area contributed by atoms with Gasteiger partial charge in [0.15, 0.2) is 0 Å². The molecule has 0 saturated carbocycles. The molecule has 14 heavy (non-hydrogen) atoms. The van der Waals surface area contributed by atoms with Gasteiger partial charge in [0.2, 0.25) is 0 Å². The maximum atomic E-state index is 3.84. The molecule has 0 radical (unpaired) electrons. The van der Waals surface area contributed by atoms with Gasteiger partial charge in [0.1, 0.15) is 0 Å². The van der Waals surface area contributed by atoms with Gasteiger partial charge in [-0.25, -0.2) is 0 Å². The van der Waals surface area contributed by atoms with E-state index in [1.807, 2.05) is 6.08 Å². The van der Waals surface area contributed by atoms with Crippen LogP contribution in [0.5, 0.6) is 0 Å². The first-order valence-electron chi connectivity index (χ1n) is 4.85. The first-order chi connectivity index (χ1) is 6.74. The van der Waals surface area contributed by atoms with Crippen LogP contribution in [0.2, 0.25) is 0 Å². The first kappa shape index (κ1) is 9.01. The summed E-state index contributed by atoms with van der Waals surface area (Å²) < 4.78 is 0. The molecule has 0 aromatic heterocycles. The highest BCUT2D eigenvalue weighted by Gasteiger charge is 2.03. The predicted molar refractivity (Wildman–Crippen MR) is 63.5 cm³/mol. The summed E-state index contributed by atoms with van der Waals surface area (Å²) in [6, 6.07) is 10.7. The average Bonchev–Trinajstić information content (AvgIpc) is 2.23. The van der Waals surface area contributed by atoms with E-state index in [9.17, 15) is 0 Å². The van der Waals surface area contributed by atoms with Gasteiger partial charge >= 0.3 is 0 Å². The standard InChI is InChI=1S/C14H14/c1-4-12-9-10(2)13-7-5-6-8-14(13)11(12)3/h4-9H,1H2,2-3H3. The van der Waals surface area contributed by atoms with E-state index in [1.54, 1.807) is 0 Å². The Balaban J connectivity index is 2.94. The van der Waals surface area contributed by atoms with Crippen LogP contribution in [-0.4, -0.2) is 0 Å². The van der Waals surface area contributed by atoms with Crippen LogP contribution in [0, 0.1) is 13.8 Å². The minimum Gasteiger partial charge on any atom is -0.0985 e. The summed E-state index contributed by atoms with van der Waals surface area (Å²) >= 11 is 0. The molecule has 0 fully saturated rings. The molecule has 0 heterocycles. The van der Waals surface area contributed by atoms with Crippen LogP contribution in [0.3, 0.4) is 0 Å². The highest BCUT2D eigenvalue weighted by Crippen LogP contribution is 2.25. The molecule has 2 aromatic rings. The predicted octanol–water partition coefficient (Wildman–Crippen LogP) is 4.10. The molecule has 0 aliphatic heterocycles. The largest absolute Gasteiger partial charge is 0.0985 e. The van der Waals surface area contributed by atoms with Crippen molar-refractivity contribution in [3.63, 3.8) is 0 Å². The van der Waals surface area contributed by atoms with Gasteiger partial charge in [-0.2, -0.15) is 0 Å². The smallest absolute Gasteiger partial charge is 0.0146 e. The molecular weight excluding hydrogens is 168 g/mol. The molecule has 2 aromatic carbocycles. The number of hydrogen-bond acceptors (Lipinski definition) is 0. The van der Waals surface area contributed by atoms with E-state index in [2.05, 4.69) is 50.8 Å². The van der Waals surface area contributed by atoms with Crippen LogP contribution in [0.1, 0.15) is 16.7 Å². The third-order valence-corrected chi connectivity index (χ3v) is 2.78. The van der Waals surface area contributed by atoms with Crippen molar-refractivity contribution < 1.29 is 0 Å². The van der Waals surface area contributed by atoms with E-state index in [0.29, 0.717) is 0 Å². The molecule has 0 N–H and O–H groups in total. The van der Waals surface area contributed by atoms with Crippen LogP contribution in [0.15, 0.2) is 36.9 Å². The Kier molecular flexibility index (Phi) is 2.12. The number of fused-ring (bicyclic) bond motifs is 1. The zero-order valence-electron chi connectivity index (χ0n) is 8.67.